The maximum atomic E-state index is 3.24. The molecule has 0 saturated carbocycles. The molecule has 0 aliphatic carbocycles. The van der Waals surface area contributed by atoms with Crippen molar-refractivity contribution in [3.05, 3.63) is 30.3 Å². The highest BCUT2D eigenvalue weighted by atomic mass is 28.2. The van der Waals surface area contributed by atoms with E-state index in [0.717, 1.165) is 9.68 Å². The molecule has 46 valence electrons. The summed E-state index contributed by atoms with van der Waals surface area (Å²) in [7, 11) is 0.785. The van der Waals surface area contributed by atoms with Gasteiger partial charge in [0.15, 0.2) is 9.68 Å². The predicted molar refractivity (Wildman–Crippen MR) is 41.7 cm³/mol. The van der Waals surface area contributed by atoms with Gasteiger partial charge in [-0.05, 0) is 12.1 Å². The van der Waals surface area contributed by atoms with Gasteiger partial charge in [0.2, 0.25) is 0 Å². The summed E-state index contributed by atoms with van der Waals surface area (Å²) in [4.78, 5) is 3.24. The molecule has 1 aromatic carbocycles. The summed E-state index contributed by atoms with van der Waals surface area (Å²) in [6.07, 6.45) is 0. The van der Waals surface area contributed by atoms with E-state index in [0.29, 0.717) is 0 Å². The van der Waals surface area contributed by atoms with Crippen molar-refractivity contribution in [2.45, 2.75) is 6.55 Å². The molecular formula is C7H9NSi. The molecule has 0 fully saturated rings. The Morgan fingerprint density at radius 1 is 1.22 bits per heavy atom. The Labute approximate surface area is 58.0 Å². The molecule has 0 aliphatic heterocycles. The molecule has 1 aromatic rings. The van der Waals surface area contributed by atoms with Crippen LogP contribution in [-0.4, -0.2) is 9.68 Å². The van der Waals surface area contributed by atoms with Gasteiger partial charge in [-0.25, -0.2) is 0 Å². The monoisotopic (exact) mass is 135 g/mol. The molecule has 0 saturated heterocycles. The van der Waals surface area contributed by atoms with Crippen LogP contribution >= 0.6 is 0 Å². The van der Waals surface area contributed by atoms with Crippen molar-refractivity contribution >= 4 is 15.4 Å². The van der Waals surface area contributed by atoms with E-state index in [1.807, 2.05) is 18.2 Å². The van der Waals surface area contributed by atoms with Crippen molar-refractivity contribution < 1.29 is 0 Å². The van der Waals surface area contributed by atoms with Gasteiger partial charge >= 0.3 is 0 Å². The van der Waals surface area contributed by atoms with Crippen LogP contribution in [0.3, 0.4) is 0 Å². The first-order valence-electron chi connectivity index (χ1n) is 2.91. The van der Waals surface area contributed by atoms with Gasteiger partial charge in [-0.2, -0.15) is 0 Å². The van der Waals surface area contributed by atoms with Gasteiger partial charge in [-0.15, -0.1) is 0 Å². The van der Waals surface area contributed by atoms with Crippen LogP contribution in [0.5, 0.6) is 0 Å². The smallest absolute Gasteiger partial charge is 0.174 e. The molecule has 0 aromatic heterocycles. The predicted octanol–water partition coefficient (Wildman–Crippen LogP) is 1.77. The van der Waals surface area contributed by atoms with Crippen molar-refractivity contribution in [3.63, 3.8) is 0 Å². The number of anilines is 1. The lowest BCUT2D eigenvalue weighted by atomic mass is 10.3. The molecule has 0 spiro atoms. The fraction of sp³-hybridized carbons (Fsp3) is 0.143. The van der Waals surface area contributed by atoms with Crippen molar-refractivity contribution in [2.24, 2.45) is 0 Å². The van der Waals surface area contributed by atoms with E-state index < -0.39 is 0 Å². The summed E-state index contributed by atoms with van der Waals surface area (Å²) in [6.45, 7) is 2.12. The van der Waals surface area contributed by atoms with E-state index >= 15 is 0 Å². The van der Waals surface area contributed by atoms with Crippen LogP contribution in [0.4, 0.5) is 5.69 Å². The highest BCUT2D eigenvalue weighted by Gasteiger charge is 1.82. The standard InChI is InChI=1S/C7H9NSi/c1-9-8-7-5-3-2-4-6-7/h2-6,8H,1H3. The van der Waals surface area contributed by atoms with Gasteiger partial charge < -0.3 is 4.98 Å². The molecule has 0 atom stereocenters. The Hall–Kier alpha value is -0.763. The van der Waals surface area contributed by atoms with Crippen LogP contribution < -0.4 is 4.98 Å². The zero-order chi connectivity index (χ0) is 6.53. The quantitative estimate of drug-likeness (QED) is 0.609. The van der Waals surface area contributed by atoms with Crippen molar-refractivity contribution in [2.75, 3.05) is 4.98 Å². The summed E-state index contributed by atoms with van der Waals surface area (Å²) in [6, 6.07) is 10.2. The molecule has 9 heavy (non-hydrogen) atoms. The van der Waals surface area contributed by atoms with E-state index in [1.54, 1.807) is 0 Å². The van der Waals surface area contributed by atoms with E-state index in [4.69, 9.17) is 0 Å². The third-order valence-electron chi connectivity index (χ3n) is 1.04. The topological polar surface area (TPSA) is 12.0 Å². The Balaban J connectivity index is 2.61. The molecule has 0 amide bonds. The van der Waals surface area contributed by atoms with Gasteiger partial charge in [0.05, 0.1) is 0 Å². The number of hydrogen-bond acceptors (Lipinski definition) is 1. The first-order valence-corrected chi connectivity index (χ1v) is 4.41. The molecule has 1 nitrogen and oxygen atoms in total. The molecule has 1 rings (SSSR count). The Morgan fingerprint density at radius 3 is 2.44 bits per heavy atom. The van der Waals surface area contributed by atoms with Crippen LogP contribution in [0.15, 0.2) is 30.3 Å². The molecular weight excluding hydrogens is 126 g/mol. The van der Waals surface area contributed by atoms with Gasteiger partial charge in [-0.1, -0.05) is 24.7 Å². The lowest BCUT2D eigenvalue weighted by Crippen LogP contribution is -1.99. The van der Waals surface area contributed by atoms with Gasteiger partial charge in [0.25, 0.3) is 0 Å². The molecule has 2 heteroatoms. The number of nitrogens with one attached hydrogen (secondary N) is 1. The number of benzene rings is 1. The van der Waals surface area contributed by atoms with Gasteiger partial charge in [-0.3, -0.25) is 0 Å². The summed E-state index contributed by atoms with van der Waals surface area (Å²) in [5.41, 5.74) is 1.21. The summed E-state index contributed by atoms with van der Waals surface area (Å²) >= 11 is 0. The Morgan fingerprint density at radius 2 is 1.89 bits per heavy atom. The highest BCUT2D eigenvalue weighted by molar-refractivity contribution is 6.38. The van der Waals surface area contributed by atoms with E-state index in [9.17, 15) is 0 Å². The molecule has 0 heterocycles. The number of hydrogen-bond donors (Lipinski definition) is 1. The van der Waals surface area contributed by atoms with E-state index in [2.05, 4.69) is 23.7 Å². The second-order valence-corrected chi connectivity index (χ2v) is 2.49. The minimum absolute atomic E-state index is 0.785. The number of rotatable bonds is 2. The second-order valence-electron chi connectivity index (χ2n) is 1.74. The summed E-state index contributed by atoms with van der Waals surface area (Å²) < 4.78 is 0. The second kappa shape index (κ2) is 3.30. The number of para-hydroxylation sites is 1. The van der Waals surface area contributed by atoms with E-state index in [1.165, 1.54) is 5.69 Å². The van der Waals surface area contributed by atoms with Crippen molar-refractivity contribution in [3.8, 4) is 0 Å². The SMILES string of the molecule is C[Si]Nc1ccccc1. The zero-order valence-corrected chi connectivity index (χ0v) is 6.39. The Kier molecular flexibility index (Phi) is 2.33. The molecule has 1 N–H and O–H groups in total. The maximum Gasteiger partial charge on any atom is 0.174 e. The largest absolute Gasteiger partial charge is 0.412 e. The molecule has 2 radical (unpaired) electrons. The van der Waals surface area contributed by atoms with Crippen LogP contribution in [-0.2, 0) is 0 Å². The van der Waals surface area contributed by atoms with Crippen LogP contribution in [0.25, 0.3) is 0 Å². The normalized spacial score (nSPS) is 9.00. The van der Waals surface area contributed by atoms with Gasteiger partial charge in [0, 0.05) is 5.69 Å². The van der Waals surface area contributed by atoms with Crippen molar-refractivity contribution in [1.29, 1.82) is 0 Å². The van der Waals surface area contributed by atoms with Crippen molar-refractivity contribution in [1.82, 2.24) is 0 Å². The van der Waals surface area contributed by atoms with E-state index in [-0.39, 0.29) is 0 Å². The average Bonchev–Trinajstić information content (AvgIpc) is 1.91. The third-order valence-corrected chi connectivity index (χ3v) is 1.58. The van der Waals surface area contributed by atoms with Gasteiger partial charge in [0.1, 0.15) is 0 Å². The zero-order valence-electron chi connectivity index (χ0n) is 5.39. The minimum Gasteiger partial charge on any atom is -0.412 e. The molecule has 0 bridgehead atoms. The Bertz CT molecular complexity index is 162. The maximum absolute atomic E-state index is 3.24. The molecule has 0 aliphatic rings. The van der Waals surface area contributed by atoms with Crippen LogP contribution in [0.2, 0.25) is 6.55 Å². The first-order chi connectivity index (χ1) is 4.43. The minimum atomic E-state index is 0.785. The third kappa shape index (κ3) is 1.89. The summed E-state index contributed by atoms with van der Waals surface area (Å²) in [5.74, 6) is 0. The lowest BCUT2D eigenvalue weighted by molar-refractivity contribution is 1.67. The summed E-state index contributed by atoms with van der Waals surface area (Å²) in [5, 5.41) is 0. The highest BCUT2D eigenvalue weighted by Crippen LogP contribution is 2.02. The van der Waals surface area contributed by atoms with Crippen LogP contribution in [0.1, 0.15) is 0 Å². The molecule has 0 unspecified atom stereocenters. The lowest BCUT2D eigenvalue weighted by Gasteiger charge is -1.98. The average molecular weight is 135 g/mol. The first kappa shape index (κ1) is 6.36. The van der Waals surface area contributed by atoms with Crippen LogP contribution in [0, 0.1) is 0 Å². The fourth-order valence-corrected chi connectivity index (χ4v) is 1.12. The fourth-order valence-electron chi connectivity index (χ4n) is 0.666.